The summed E-state index contributed by atoms with van der Waals surface area (Å²) in [6.07, 6.45) is -0.502. The molecule has 0 radical (unpaired) electrons. The molecule has 2 atom stereocenters. The minimum atomic E-state index is -0.883. The van der Waals surface area contributed by atoms with Crippen molar-refractivity contribution in [2.75, 3.05) is 21.6 Å². The molecule has 0 saturated heterocycles. The molecule has 0 heterocycles. The van der Waals surface area contributed by atoms with Gasteiger partial charge in [-0.1, -0.05) is 69.3 Å². The largest absolute Gasteiger partial charge is 0.445 e. The monoisotopic (exact) mass is 693 g/mol. The predicted molar refractivity (Wildman–Crippen MR) is 170 cm³/mol. The molecular formula is C30H40IN5O6. The number of nitrogens with one attached hydrogen (secondary N) is 5. The van der Waals surface area contributed by atoms with Crippen LogP contribution in [0.5, 0.6) is 0 Å². The summed E-state index contributed by atoms with van der Waals surface area (Å²) in [5.41, 5.74) is 2.09. The lowest BCUT2D eigenvalue weighted by molar-refractivity contribution is -0.128. The summed E-state index contributed by atoms with van der Waals surface area (Å²) < 4.78 is 5.53. The zero-order chi connectivity index (χ0) is 31.4. The summed E-state index contributed by atoms with van der Waals surface area (Å²) in [4.78, 5) is 62.0. The van der Waals surface area contributed by atoms with Gasteiger partial charge in [-0.2, -0.15) is 0 Å². The van der Waals surface area contributed by atoms with Gasteiger partial charge in [-0.3, -0.25) is 19.2 Å². The van der Waals surface area contributed by atoms with Gasteiger partial charge < -0.3 is 31.3 Å². The number of carbonyl (C=O) groups excluding carboxylic acids is 5. The first-order valence-corrected chi connectivity index (χ1v) is 15.1. The second-order valence-corrected chi connectivity index (χ2v) is 12.1. The topological polar surface area (TPSA) is 155 Å². The number of halogens is 1. The molecule has 0 unspecified atom stereocenters. The summed E-state index contributed by atoms with van der Waals surface area (Å²) in [7, 11) is 0. The molecule has 0 fully saturated rings. The van der Waals surface area contributed by atoms with Gasteiger partial charge >= 0.3 is 6.09 Å². The number of benzene rings is 2. The second-order valence-electron chi connectivity index (χ2n) is 11.4. The Balaban J connectivity index is 1.88. The Bertz CT molecular complexity index is 1240. The molecule has 2 rings (SSSR count). The molecule has 0 aliphatic carbocycles. The minimum absolute atomic E-state index is 0.0537. The fraction of sp³-hybridized carbons (Fsp3) is 0.433. The molecule has 11 nitrogen and oxygen atoms in total. The van der Waals surface area contributed by atoms with Gasteiger partial charge in [0, 0.05) is 23.5 Å². The summed E-state index contributed by atoms with van der Waals surface area (Å²) in [6, 6.07) is 11.4. The lowest BCUT2D eigenvalue weighted by Gasteiger charge is -2.24. The number of hydrogen-bond donors (Lipinski definition) is 5. The van der Waals surface area contributed by atoms with Crippen molar-refractivity contribution >= 4 is 63.7 Å². The third-order valence-corrected chi connectivity index (χ3v) is 6.59. The number of amides is 5. The average Bonchev–Trinajstić information content (AvgIpc) is 2.93. The highest BCUT2D eigenvalue weighted by Crippen LogP contribution is 2.14. The fourth-order valence-corrected chi connectivity index (χ4v) is 3.69. The van der Waals surface area contributed by atoms with Gasteiger partial charge in [0.05, 0.1) is 4.43 Å². The number of anilines is 2. The van der Waals surface area contributed by atoms with E-state index in [4.69, 9.17) is 4.74 Å². The molecule has 5 amide bonds. The van der Waals surface area contributed by atoms with Crippen molar-refractivity contribution in [2.24, 2.45) is 11.3 Å². The van der Waals surface area contributed by atoms with Gasteiger partial charge in [-0.25, -0.2) is 4.79 Å². The first-order chi connectivity index (χ1) is 19.7. The number of carbonyl (C=O) groups is 5. The van der Waals surface area contributed by atoms with E-state index in [0.717, 1.165) is 5.56 Å². The fourth-order valence-electron chi connectivity index (χ4n) is 3.50. The van der Waals surface area contributed by atoms with Gasteiger partial charge in [0.2, 0.25) is 17.7 Å². The number of hydrogen-bond acceptors (Lipinski definition) is 6. The van der Waals surface area contributed by atoms with Gasteiger partial charge in [0.25, 0.3) is 5.91 Å². The first-order valence-electron chi connectivity index (χ1n) is 13.6. The maximum atomic E-state index is 13.0. The van der Waals surface area contributed by atoms with Crippen LogP contribution < -0.4 is 26.6 Å². The van der Waals surface area contributed by atoms with Crippen LogP contribution in [0.15, 0.2) is 48.5 Å². The average molecular weight is 694 g/mol. The van der Waals surface area contributed by atoms with E-state index in [2.05, 4.69) is 26.6 Å². The highest BCUT2D eigenvalue weighted by molar-refractivity contribution is 14.1. The van der Waals surface area contributed by atoms with Crippen molar-refractivity contribution < 1.29 is 28.7 Å². The van der Waals surface area contributed by atoms with Crippen LogP contribution in [-0.2, 0) is 25.7 Å². The molecule has 0 bridgehead atoms. The van der Waals surface area contributed by atoms with E-state index < -0.39 is 35.9 Å². The number of rotatable bonds is 12. The normalized spacial score (nSPS) is 12.5. The molecule has 12 heteroatoms. The third-order valence-electron chi connectivity index (χ3n) is 5.89. The van der Waals surface area contributed by atoms with Gasteiger partial charge in [0.15, 0.2) is 0 Å². The molecule has 0 aliphatic heterocycles. The molecular weight excluding hydrogens is 653 g/mol. The molecule has 0 aliphatic rings. The van der Waals surface area contributed by atoms with E-state index in [1.54, 1.807) is 69.3 Å². The molecule has 228 valence electrons. The van der Waals surface area contributed by atoms with Crippen LogP contribution in [0.3, 0.4) is 0 Å². The summed E-state index contributed by atoms with van der Waals surface area (Å²) in [6.45, 7) is 11.7. The van der Waals surface area contributed by atoms with Crippen molar-refractivity contribution in [3.8, 4) is 0 Å². The van der Waals surface area contributed by atoms with Crippen molar-refractivity contribution in [1.29, 1.82) is 0 Å². The highest BCUT2D eigenvalue weighted by Gasteiger charge is 2.27. The van der Waals surface area contributed by atoms with E-state index in [9.17, 15) is 24.0 Å². The van der Waals surface area contributed by atoms with E-state index in [-0.39, 0.29) is 23.8 Å². The van der Waals surface area contributed by atoms with Crippen molar-refractivity contribution in [1.82, 2.24) is 16.0 Å². The van der Waals surface area contributed by atoms with E-state index >= 15 is 0 Å². The van der Waals surface area contributed by atoms with Crippen LogP contribution in [0.1, 0.15) is 57.5 Å². The summed E-state index contributed by atoms with van der Waals surface area (Å²) >= 11 is 1.95. The Kier molecular flexibility index (Phi) is 13.2. The standard InChI is InChI=1S/C30H40IN5O6/c1-18(2)25(36-27(39)21-9-13-22(14-10-21)34-24(37)15-31)28(40)33-19(3)26(38)35-23-11-7-20(8-12-23)16-42-29(41)32-17-30(4,5)6/h7-14,18-19,25H,15-17H2,1-6H3,(H,32,41)(H,33,40)(H,34,37)(H,35,38)(H,36,39)/t19-,25-/m0/s1. The summed E-state index contributed by atoms with van der Waals surface area (Å²) in [5, 5.41) is 13.6. The highest BCUT2D eigenvalue weighted by atomic mass is 127. The van der Waals surface area contributed by atoms with Crippen molar-refractivity contribution in [3.63, 3.8) is 0 Å². The van der Waals surface area contributed by atoms with Crippen LogP contribution in [0.25, 0.3) is 0 Å². The number of alkyl carbamates (subject to hydrolysis) is 1. The maximum absolute atomic E-state index is 13.0. The predicted octanol–water partition coefficient (Wildman–Crippen LogP) is 4.23. The lowest BCUT2D eigenvalue weighted by atomic mass is 9.97. The quantitative estimate of drug-likeness (QED) is 0.166. The van der Waals surface area contributed by atoms with Crippen LogP contribution in [0.4, 0.5) is 16.2 Å². The van der Waals surface area contributed by atoms with E-state index in [0.29, 0.717) is 27.9 Å². The van der Waals surface area contributed by atoms with Crippen LogP contribution >= 0.6 is 22.6 Å². The summed E-state index contributed by atoms with van der Waals surface area (Å²) in [5.74, 6) is -1.79. The van der Waals surface area contributed by atoms with Crippen LogP contribution in [0, 0.1) is 11.3 Å². The molecule has 0 spiro atoms. The Labute approximate surface area is 260 Å². The maximum Gasteiger partial charge on any atom is 0.407 e. The lowest BCUT2D eigenvalue weighted by Crippen LogP contribution is -2.53. The second kappa shape index (κ2) is 16.1. The van der Waals surface area contributed by atoms with Crippen LogP contribution in [0.2, 0.25) is 0 Å². The Morgan fingerprint density at radius 3 is 1.93 bits per heavy atom. The third kappa shape index (κ3) is 12.0. The van der Waals surface area contributed by atoms with Crippen LogP contribution in [-0.4, -0.2) is 52.8 Å². The molecule has 2 aromatic rings. The molecule has 0 saturated carbocycles. The molecule has 5 N–H and O–H groups in total. The zero-order valence-corrected chi connectivity index (χ0v) is 27.0. The van der Waals surface area contributed by atoms with E-state index in [1.807, 2.05) is 43.4 Å². The van der Waals surface area contributed by atoms with Gasteiger partial charge in [-0.15, -0.1) is 0 Å². The number of ether oxygens (including phenoxy) is 1. The minimum Gasteiger partial charge on any atom is -0.445 e. The zero-order valence-electron chi connectivity index (χ0n) is 24.8. The molecule has 42 heavy (non-hydrogen) atoms. The Morgan fingerprint density at radius 1 is 0.810 bits per heavy atom. The molecule has 0 aromatic heterocycles. The van der Waals surface area contributed by atoms with Gasteiger partial charge in [0.1, 0.15) is 18.7 Å². The van der Waals surface area contributed by atoms with E-state index in [1.165, 1.54) is 0 Å². The number of alkyl halides is 1. The van der Waals surface area contributed by atoms with Crippen molar-refractivity contribution in [2.45, 2.75) is 60.2 Å². The Morgan fingerprint density at radius 2 is 1.38 bits per heavy atom. The smallest absolute Gasteiger partial charge is 0.407 e. The van der Waals surface area contributed by atoms with Crippen molar-refractivity contribution in [3.05, 3.63) is 59.7 Å². The first kappa shape index (κ1) is 34.5. The SMILES string of the molecule is CC(C)[C@H](NC(=O)c1ccc(NC(=O)CI)cc1)C(=O)N[C@@H](C)C(=O)Nc1ccc(COC(=O)NCC(C)(C)C)cc1. The molecule has 2 aromatic carbocycles. The van der Waals surface area contributed by atoms with Gasteiger partial charge in [-0.05, 0) is 60.2 Å². The Hall–Kier alpha value is -3.68.